The summed E-state index contributed by atoms with van der Waals surface area (Å²) < 4.78 is 0. The van der Waals surface area contributed by atoms with E-state index in [0.717, 1.165) is 24.1 Å². The van der Waals surface area contributed by atoms with Crippen molar-refractivity contribution in [3.8, 4) is 0 Å². The van der Waals surface area contributed by atoms with E-state index in [-0.39, 0.29) is 18.4 Å². The summed E-state index contributed by atoms with van der Waals surface area (Å²) in [4.78, 5) is 27.3. The van der Waals surface area contributed by atoms with Crippen LogP contribution in [0, 0.1) is 0 Å². The molecule has 5 nitrogen and oxygen atoms in total. The van der Waals surface area contributed by atoms with E-state index in [4.69, 9.17) is 17.3 Å². The van der Waals surface area contributed by atoms with Gasteiger partial charge in [-0.25, -0.2) is 0 Å². The molecule has 124 valence electrons. The van der Waals surface area contributed by atoms with Gasteiger partial charge in [-0.3, -0.25) is 14.5 Å². The molecule has 23 heavy (non-hydrogen) atoms. The van der Waals surface area contributed by atoms with E-state index in [2.05, 4.69) is 0 Å². The van der Waals surface area contributed by atoms with E-state index in [9.17, 15) is 9.59 Å². The molecule has 1 aliphatic rings. The van der Waals surface area contributed by atoms with Gasteiger partial charge in [0, 0.05) is 37.3 Å². The van der Waals surface area contributed by atoms with Gasteiger partial charge >= 0.3 is 0 Å². The van der Waals surface area contributed by atoms with Crippen LogP contribution in [0.25, 0.3) is 5.57 Å². The third kappa shape index (κ3) is 5.08. The van der Waals surface area contributed by atoms with Gasteiger partial charge < -0.3 is 10.6 Å². The Kier molecular flexibility index (Phi) is 6.19. The molecule has 6 heteroatoms. The van der Waals surface area contributed by atoms with Gasteiger partial charge in [-0.05, 0) is 30.5 Å². The number of amides is 2. The lowest BCUT2D eigenvalue weighted by molar-refractivity contribution is -0.125. The second-order valence-corrected chi connectivity index (χ2v) is 6.14. The summed E-state index contributed by atoms with van der Waals surface area (Å²) in [6, 6.07) is 7.48. The highest BCUT2D eigenvalue weighted by Gasteiger charge is 2.19. The second-order valence-electron chi connectivity index (χ2n) is 5.73. The van der Waals surface area contributed by atoms with E-state index < -0.39 is 0 Å². The molecule has 1 aromatic carbocycles. The third-order valence-electron chi connectivity index (χ3n) is 3.92. The Balaban J connectivity index is 2.01. The minimum Gasteiger partial charge on any atom is -0.369 e. The monoisotopic (exact) mass is 335 g/mol. The number of benzene rings is 1. The van der Waals surface area contributed by atoms with E-state index >= 15 is 0 Å². The normalized spacial score (nSPS) is 17.0. The van der Waals surface area contributed by atoms with Gasteiger partial charge in [0.25, 0.3) is 0 Å². The molecule has 2 rings (SSSR count). The molecule has 0 spiro atoms. The van der Waals surface area contributed by atoms with Crippen molar-refractivity contribution in [1.82, 2.24) is 9.80 Å². The quantitative estimate of drug-likeness (QED) is 0.853. The summed E-state index contributed by atoms with van der Waals surface area (Å²) in [6.07, 6.45) is 2.46. The smallest absolute Gasteiger partial charge is 0.246 e. The van der Waals surface area contributed by atoms with Crippen LogP contribution in [0.4, 0.5) is 0 Å². The number of nitrogens with zero attached hydrogens (tertiary/aromatic N) is 2. The average Bonchev–Trinajstić information content (AvgIpc) is 2.72. The van der Waals surface area contributed by atoms with E-state index in [1.165, 1.54) is 0 Å². The van der Waals surface area contributed by atoms with Crippen molar-refractivity contribution in [2.45, 2.75) is 13.3 Å². The number of hydrogen-bond donors (Lipinski definition) is 1. The number of primary amides is 1. The highest BCUT2D eigenvalue weighted by molar-refractivity contribution is 6.32. The maximum Gasteiger partial charge on any atom is 0.246 e. The molecule has 2 N–H and O–H groups in total. The molecule has 1 aliphatic heterocycles. The van der Waals surface area contributed by atoms with Crippen molar-refractivity contribution in [2.24, 2.45) is 5.73 Å². The summed E-state index contributed by atoms with van der Waals surface area (Å²) in [5.74, 6) is -0.359. The van der Waals surface area contributed by atoms with Gasteiger partial charge in [0.1, 0.15) is 0 Å². The summed E-state index contributed by atoms with van der Waals surface area (Å²) in [7, 11) is 0. The van der Waals surface area contributed by atoms with Crippen molar-refractivity contribution in [3.05, 3.63) is 40.9 Å². The summed E-state index contributed by atoms with van der Waals surface area (Å²) in [5, 5.41) is 0.637. The number of nitrogens with two attached hydrogens (primary N) is 1. The third-order valence-corrected chi connectivity index (χ3v) is 4.25. The predicted molar refractivity (Wildman–Crippen MR) is 91.9 cm³/mol. The maximum atomic E-state index is 12.5. The van der Waals surface area contributed by atoms with Crippen LogP contribution in [0.15, 0.2) is 30.3 Å². The molecule has 0 bridgehead atoms. The minimum atomic E-state index is -0.334. The molecule has 0 aliphatic carbocycles. The van der Waals surface area contributed by atoms with Crippen LogP contribution in [0.2, 0.25) is 5.02 Å². The Bertz CT molecular complexity index is 616. The number of rotatable bonds is 4. The zero-order valence-electron chi connectivity index (χ0n) is 13.3. The van der Waals surface area contributed by atoms with Crippen molar-refractivity contribution in [2.75, 3.05) is 32.7 Å². The Morgan fingerprint density at radius 1 is 1.22 bits per heavy atom. The first-order valence-electron chi connectivity index (χ1n) is 7.70. The largest absolute Gasteiger partial charge is 0.369 e. The molecule has 0 unspecified atom stereocenters. The van der Waals surface area contributed by atoms with Gasteiger partial charge in [-0.2, -0.15) is 0 Å². The Labute approximate surface area is 141 Å². The van der Waals surface area contributed by atoms with Crippen LogP contribution in [-0.2, 0) is 9.59 Å². The van der Waals surface area contributed by atoms with Crippen molar-refractivity contribution < 1.29 is 9.59 Å². The van der Waals surface area contributed by atoms with Gasteiger partial charge in [0.05, 0.1) is 6.54 Å². The lowest BCUT2D eigenvalue weighted by Gasteiger charge is -2.20. The Morgan fingerprint density at radius 2 is 1.96 bits per heavy atom. The molecule has 0 saturated carbocycles. The number of halogens is 1. The van der Waals surface area contributed by atoms with Gasteiger partial charge in [-0.1, -0.05) is 29.8 Å². The molecule has 0 aromatic heterocycles. The number of hydrogen-bond acceptors (Lipinski definition) is 3. The predicted octanol–water partition coefficient (Wildman–Crippen LogP) is 1.76. The summed E-state index contributed by atoms with van der Waals surface area (Å²) in [6.45, 7) is 4.85. The Morgan fingerprint density at radius 3 is 2.65 bits per heavy atom. The first kappa shape index (κ1) is 17.5. The van der Waals surface area contributed by atoms with Crippen LogP contribution in [0.5, 0.6) is 0 Å². The van der Waals surface area contributed by atoms with Crippen LogP contribution >= 0.6 is 11.6 Å². The fraction of sp³-hybridized carbons (Fsp3) is 0.412. The summed E-state index contributed by atoms with van der Waals surface area (Å²) >= 11 is 6.17. The molecule has 2 amide bonds. The molecular formula is C17H22ClN3O2. The first-order chi connectivity index (χ1) is 11.0. The molecule has 1 heterocycles. The van der Waals surface area contributed by atoms with E-state index in [0.29, 0.717) is 24.7 Å². The fourth-order valence-electron chi connectivity index (χ4n) is 2.71. The highest BCUT2D eigenvalue weighted by Crippen LogP contribution is 2.23. The standard InChI is InChI=1S/C17H22ClN3O2/c1-13(14-5-2-3-6-15(14)18)11-17(23)21-8-4-7-20(9-10-21)12-16(19)22/h2-3,5-6,11H,4,7-10,12H2,1H3,(H2,19,22). The topological polar surface area (TPSA) is 66.6 Å². The average molecular weight is 336 g/mol. The van der Waals surface area contributed by atoms with Gasteiger partial charge in [0.15, 0.2) is 0 Å². The highest BCUT2D eigenvalue weighted by atomic mass is 35.5. The SMILES string of the molecule is CC(=CC(=O)N1CCCN(CC(N)=O)CC1)c1ccccc1Cl. The number of carbonyl (C=O) groups excluding carboxylic acids is 2. The lowest BCUT2D eigenvalue weighted by Crippen LogP contribution is -2.37. The second kappa shape index (κ2) is 8.13. The molecule has 1 aromatic rings. The minimum absolute atomic E-state index is 0.0247. The van der Waals surface area contributed by atoms with Gasteiger partial charge in [0.2, 0.25) is 11.8 Å². The zero-order chi connectivity index (χ0) is 16.8. The van der Waals surface area contributed by atoms with E-state index in [1.54, 1.807) is 11.0 Å². The molecular weight excluding hydrogens is 314 g/mol. The van der Waals surface area contributed by atoms with Crippen LogP contribution < -0.4 is 5.73 Å². The number of carbonyl (C=O) groups is 2. The molecule has 1 fully saturated rings. The summed E-state index contributed by atoms with van der Waals surface area (Å²) in [5.41, 5.74) is 6.94. The van der Waals surface area contributed by atoms with Crippen molar-refractivity contribution >= 4 is 29.0 Å². The van der Waals surface area contributed by atoms with Crippen LogP contribution in [0.3, 0.4) is 0 Å². The Hall–Kier alpha value is -1.85. The van der Waals surface area contributed by atoms with E-state index in [1.807, 2.05) is 36.1 Å². The van der Waals surface area contributed by atoms with Gasteiger partial charge in [-0.15, -0.1) is 0 Å². The first-order valence-corrected chi connectivity index (χ1v) is 8.08. The zero-order valence-corrected chi connectivity index (χ0v) is 14.1. The molecule has 0 radical (unpaired) electrons. The lowest BCUT2D eigenvalue weighted by atomic mass is 10.1. The van der Waals surface area contributed by atoms with Crippen molar-refractivity contribution in [3.63, 3.8) is 0 Å². The number of allylic oxidation sites excluding steroid dienone is 1. The maximum absolute atomic E-state index is 12.5. The molecule has 1 saturated heterocycles. The van der Waals surface area contributed by atoms with Crippen LogP contribution in [-0.4, -0.2) is 54.3 Å². The molecule has 0 atom stereocenters. The fourth-order valence-corrected chi connectivity index (χ4v) is 2.99. The van der Waals surface area contributed by atoms with Crippen LogP contribution in [0.1, 0.15) is 18.9 Å². The van der Waals surface area contributed by atoms with Crippen molar-refractivity contribution in [1.29, 1.82) is 0 Å².